The van der Waals surface area contributed by atoms with Gasteiger partial charge < -0.3 is 0 Å². The third-order valence-corrected chi connectivity index (χ3v) is 4.49. The molecule has 0 radical (unpaired) electrons. The van der Waals surface area contributed by atoms with Crippen molar-refractivity contribution in [2.24, 2.45) is 0 Å². The highest BCUT2D eigenvalue weighted by Crippen LogP contribution is 2.11. The summed E-state index contributed by atoms with van der Waals surface area (Å²) >= 11 is 0. The van der Waals surface area contributed by atoms with Crippen molar-refractivity contribution in [2.75, 3.05) is 0 Å². The third kappa shape index (κ3) is 4.61. The lowest BCUT2D eigenvalue weighted by Crippen LogP contribution is -2.45. The number of hydrogen-bond donors (Lipinski definition) is 1. The van der Waals surface area contributed by atoms with Crippen molar-refractivity contribution < 1.29 is 17.6 Å². The zero-order valence-electron chi connectivity index (χ0n) is 12.6. The van der Waals surface area contributed by atoms with E-state index in [1.54, 1.807) is 25.1 Å². The molecule has 0 aromatic heterocycles. The van der Waals surface area contributed by atoms with E-state index in [-0.39, 0.29) is 23.8 Å². The highest BCUT2D eigenvalue weighted by atomic mass is 32.2. The Bertz CT molecular complexity index is 762. The minimum absolute atomic E-state index is 0.0129. The lowest BCUT2D eigenvalue weighted by Gasteiger charge is -2.23. The molecule has 1 N–H and O–H groups in total. The molecule has 0 aliphatic rings. The third-order valence-electron chi connectivity index (χ3n) is 3.14. The lowest BCUT2D eigenvalue weighted by molar-refractivity contribution is -0.133. The molecular weight excluding hydrogens is 319 g/mol. The molecule has 5 nitrogen and oxygen atoms in total. The van der Waals surface area contributed by atoms with Crippen molar-refractivity contribution in [1.29, 1.82) is 0 Å². The molecule has 2 aromatic carbocycles. The van der Waals surface area contributed by atoms with E-state index in [0.717, 1.165) is 5.01 Å². The summed E-state index contributed by atoms with van der Waals surface area (Å²) < 4.78 is 37.6. The smallest absolute Gasteiger partial charge is 0.257 e. The van der Waals surface area contributed by atoms with Gasteiger partial charge in [-0.2, -0.15) is 0 Å². The van der Waals surface area contributed by atoms with Crippen LogP contribution in [0, 0.1) is 5.82 Å². The minimum Gasteiger partial charge on any atom is -0.273 e. The predicted octanol–water partition coefficient (Wildman–Crippen LogP) is 2.46. The van der Waals surface area contributed by atoms with Crippen LogP contribution in [0.2, 0.25) is 0 Å². The first kappa shape index (κ1) is 17.1. The summed E-state index contributed by atoms with van der Waals surface area (Å²) in [7, 11) is -3.86. The molecule has 0 bridgehead atoms. The average molecular weight is 336 g/mol. The highest BCUT2D eigenvalue weighted by molar-refractivity contribution is 7.89. The maximum atomic E-state index is 12.9. The largest absolute Gasteiger partial charge is 0.273 e. The number of carbonyl (C=O) groups is 1. The Morgan fingerprint density at radius 1 is 1.09 bits per heavy atom. The Balaban J connectivity index is 2.22. The molecule has 0 atom stereocenters. The van der Waals surface area contributed by atoms with Crippen LogP contribution in [0.3, 0.4) is 0 Å². The van der Waals surface area contributed by atoms with Crippen LogP contribution in [0.5, 0.6) is 0 Å². The number of halogens is 1. The van der Waals surface area contributed by atoms with Crippen LogP contribution in [0.25, 0.3) is 0 Å². The van der Waals surface area contributed by atoms with Crippen LogP contribution >= 0.6 is 0 Å². The zero-order chi connectivity index (χ0) is 16.9. The second-order valence-corrected chi connectivity index (χ2v) is 6.53. The van der Waals surface area contributed by atoms with Crippen LogP contribution in [-0.4, -0.2) is 19.3 Å². The molecule has 122 valence electrons. The molecule has 0 aliphatic heterocycles. The van der Waals surface area contributed by atoms with E-state index in [4.69, 9.17) is 0 Å². The van der Waals surface area contributed by atoms with E-state index in [1.807, 2.05) is 0 Å². The van der Waals surface area contributed by atoms with Gasteiger partial charge in [0.2, 0.25) is 5.91 Å². The number of nitrogens with one attached hydrogen (secondary N) is 1. The Hall–Kier alpha value is -2.25. The van der Waals surface area contributed by atoms with Gasteiger partial charge in [0.15, 0.2) is 0 Å². The standard InChI is InChI=1S/C16H17FN2O3S/c1-2-16(20)19(12-13-8-10-14(17)11-9-13)18-23(21,22)15-6-4-3-5-7-15/h3-11,18H,2,12H2,1H3. The number of nitrogens with zero attached hydrogens (tertiary/aromatic N) is 1. The molecule has 0 saturated carbocycles. The predicted molar refractivity (Wildman–Crippen MR) is 84.0 cm³/mol. The van der Waals surface area contributed by atoms with E-state index >= 15 is 0 Å². The molecule has 0 saturated heterocycles. The SMILES string of the molecule is CCC(=O)N(Cc1ccc(F)cc1)NS(=O)(=O)c1ccccc1. The van der Waals surface area contributed by atoms with Crippen molar-refractivity contribution in [1.82, 2.24) is 9.84 Å². The molecular formula is C16H17FN2O3S. The molecule has 23 heavy (non-hydrogen) atoms. The second-order valence-electron chi connectivity index (χ2n) is 4.87. The second kappa shape index (κ2) is 7.34. The minimum atomic E-state index is -3.86. The maximum Gasteiger partial charge on any atom is 0.257 e. The summed E-state index contributed by atoms with van der Waals surface area (Å²) in [5, 5.41) is 1.02. The van der Waals surface area contributed by atoms with Crippen molar-refractivity contribution in [3.05, 3.63) is 66.0 Å². The summed E-state index contributed by atoms with van der Waals surface area (Å²) in [5.74, 6) is -0.777. The maximum absolute atomic E-state index is 12.9. The highest BCUT2D eigenvalue weighted by Gasteiger charge is 2.21. The molecule has 0 unspecified atom stereocenters. The van der Waals surface area contributed by atoms with Crippen molar-refractivity contribution in [3.8, 4) is 0 Å². The van der Waals surface area contributed by atoms with Gasteiger partial charge in [-0.3, -0.25) is 9.80 Å². The first-order valence-electron chi connectivity index (χ1n) is 7.04. The molecule has 0 spiro atoms. The number of sulfonamides is 1. The first-order valence-corrected chi connectivity index (χ1v) is 8.53. The van der Waals surface area contributed by atoms with E-state index in [9.17, 15) is 17.6 Å². The first-order chi connectivity index (χ1) is 10.9. The van der Waals surface area contributed by atoms with Crippen LogP contribution in [0.15, 0.2) is 59.5 Å². The number of hydrogen-bond acceptors (Lipinski definition) is 3. The van der Waals surface area contributed by atoms with Gasteiger partial charge in [0.25, 0.3) is 10.0 Å². The topological polar surface area (TPSA) is 66.5 Å². The monoisotopic (exact) mass is 336 g/mol. The molecule has 2 rings (SSSR count). The Morgan fingerprint density at radius 2 is 1.70 bits per heavy atom. The Morgan fingerprint density at radius 3 is 2.26 bits per heavy atom. The fourth-order valence-electron chi connectivity index (χ4n) is 1.93. The van der Waals surface area contributed by atoms with Gasteiger partial charge in [-0.1, -0.05) is 37.3 Å². The number of hydrazine groups is 1. The van der Waals surface area contributed by atoms with Crippen molar-refractivity contribution in [3.63, 3.8) is 0 Å². The van der Waals surface area contributed by atoms with Crippen LogP contribution in [-0.2, 0) is 21.4 Å². The fourth-order valence-corrected chi connectivity index (χ4v) is 3.01. The van der Waals surface area contributed by atoms with Crippen LogP contribution in [0.1, 0.15) is 18.9 Å². The molecule has 0 heterocycles. The summed E-state index contributed by atoms with van der Waals surface area (Å²) in [4.78, 5) is 14.4. The average Bonchev–Trinajstić information content (AvgIpc) is 2.56. The van der Waals surface area contributed by atoms with Crippen LogP contribution in [0.4, 0.5) is 4.39 Å². The number of amides is 1. The fraction of sp³-hybridized carbons (Fsp3) is 0.188. The molecule has 1 amide bonds. The number of benzene rings is 2. The lowest BCUT2D eigenvalue weighted by atomic mass is 10.2. The van der Waals surface area contributed by atoms with Gasteiger partial charge in [-0.05, 0) is 29.8 Å². The Kier molecular flexibility index (Phi) is 5.46. The van der Waals surface area contributed by atoms with Gasteiger partial charge in [-0.15, -0.1) is 4.83 Å². The van der Waals surface area contributed by atoms with E-state index in [1.165, 1.54) is 36.4 Å². The van der Waals surface area contributed by atoms with Gasteiger partial charge in [0.1, 0.15) is 5.82 Å². The van der Waals surface area contributed by atoms with E-state index < -0.39 is 15.8 Å². The zero-order valence-corrected chi connectivity index (χ0v) is 13.4. The summed E-state index contributed by atoms with van der Waals surface area (Å²) in [6.07, 6.45) is 0.137. The van der Waals surface area contributed by atoms with Gasteiger partial charge >= 0.3 is 0 Å². The van der Waals surface area contributed by atoms with Gasteiger partial charge in [-0.25, -0.2) is 12.8 Å². The van der Waals surface area contributed by atoms with Crippen molar-refractivity contribution >= 4 is 15.9 Å². The number of carbonyl (C=O) groups excluding carboxylic acids is 1. The van der Waals surface area contributed by atoms with E-state index in [2.05, 4.69) is 4.83 Å². The number of rotatable bonds is 6. The molecule has 0 fully saturated rings. The van der Waals surface area contributed by atoms with Crippen LogP contribution < -0.4 is 4.83 Å². The molecule has 0 aliphatic carbocycles. The molecule has 7 heteroatoms. The normalized spacial score (nSPS) is 11.2. The van der Waals surface area contributed by atoms with Crippen molar-refractivity contribution in [2.45, 2.75) is 24.8 Å². The summed E-state index contributed by atoms with van der Waals surface area (Å²) in [5.41, 5.74) is 0.615. The van der Waals surface area contributed by atoms with Gasteiger partial charge in [0, 0.05) is 6.42 Å². The summed E-state index contributed by atoms with van der Waals surface area (Å²) in [6.45, 7) is 1.65. The summed E-state index contributed by atoms with van der Waals surface area (Å²) in [6, 6.07) is 13.3. The van der Waals surface area contributed by atoms with E-state index in [0.29, 0.717) is 5.56 Å². The quantitative estimate of drug-likeness (QED) is 0.824. The molecule has 2 aromatic rings. The Labute approximate surface area is 134 Å². The van der Waals surface area contributed by atoms with Gasteiger partial charge in [0.05, 0.1) is 11.4 Å².